The Kier molecular flexibility index (Phi) is 7.39. The Hall–Kier alpha value is -2.91. The summed E-state index contributed by atoms with van der Waals surface area (Å²) in [6.45, 7) is 2.91. The van der Waals surface area contributed by atoms with Gasteiger partial charge in [0, 0.05) is 23.7 Å². The molecule has 0 bridgehead atoms. The number of hydrogen-bond acceptors (Lipinski definition) is 6. The van der Waals surface area contributed by atoms with Gasteiger partial charge in [-0.25, -0.2) is 4.79 Å². The number of ether oxygens (including phenoxy) is 2. The van der Waals surface area contributed by atoms with Gasteiger partial charge in [-0.05, 0) is 35.9 Å². The number of hydrogen-bond donors (Lipinski definition) is 2. The Morgan fingerprint density at radius 1 is 1.03 bits per heavy atom. The van der Waals surface area contributed by atoms with Crippen molar-refractivity contribution in [2.45, 2.75) is 0 Å². The molecular weight excluding hydrogens is 450 g/mol. The molecule has 3 aromatic rings. The average molecular weight is 472 g/mol. The van der Waals surface area contributed by atoms with Crippen LogP contribution < -0.4 is 15.4 Å². The van der Waals surface area contributed by atoms with E-state index in [1.165, 1.54) is 11.3 Å². The lowest BCUT2D eigenvalue weighted by atomic mass is 10.2. The summed E-state index contributed by atoms with van der Waals surface area (Å²) >= 11 is 7.60. The molecule has 0 aliphatic carbocycles. The first-order valence-electron chi connectivity index (χ1n) is 10.1. The van der Waals surface area contributed by atoms with Gasteiger partial charge < -0.3 is 14.8 Å². The van der Waals surface area contributed by atoms with Crippen molar-refractivity contribution < 1.29 is 19.1 Å². The Morgan fingerprint density at radius 2 is 1.81 bits per heavy atom. The van der Waals surface area contributed by atoms with Gasteiger partial charge >= 0.3 is 6.09 Å². The zero-order valence-electron chi connectivity index (χ0n) is 17.2. The lowest BCUT2D eigenvalue weighted by Crippen LogP contribution is -2.41. The number of carbonyl (C=O) groups is 2. The van der Waals surface area contributed by atoms with E-state index >= 15 is 0 Å². The number of amides is 2. The highest BCUT2D eigenvalue weighted by Crippen LogP contribution is 2.33. The molecule has 0 radical (unpaired) electrons. The number of halogens is 1. The molecule has 7 nitrogen and oxygen atoms in total. The molecule has 1 saturated heterocycles. The van der Waals surface area contributed by atoms with Crippen molar-refractivity contribution >= 4 is 46.3 Å². The molecule has 0 saturated carbocycles. The molecular formula is C23H22ClN3O4S. The van der Waals surface area contributed by atoms with Gasteiger partial charge in [-0.1, -0.05) is 53.3 Å². The third-order valence-corrected chi connectivity index (χ3v) is 6.13. The van der Waals surface area contributed by atoms with Crippen LogP contribution in [0.15, 0.2) is 60.7 Å². The quantitative estimate of drug-likeness (QED) is 0.531. The minimum Gasteiger partial charge on any atom is -0.399 e. The van der Waals surface area contributed by atoms with Crippen molar-refractivity contribution in [2.24, 2.45) is 0 Å². The van der Waals surface area contributed by atoms with Crippen LogP contribution in [0.5, 0.6) is 5.06 Å². The summed E-state index contributed by atoms with van der Waals surface area (Å²) < 4.78 is 10.7. The normalized spacial score (nSPS) is 14.0. The zero-order chi connectivity index (χ0) is 22.3. The Bertz CT molecular complexity index is 1080. The number of nitrogens with zero attached hydrogens (tertiary/aromatic N) is 1. The zero-order valence-corrected chi connectivity index (χ0v) is 18.7. The van der Waals surface area contributed by atoms with E-state index in [9.17, 15) is 9.59 Å². The van der Waals surface area contributed by atoms with Crippen LogP contribution >= 0.6 is 22.9 Å². The average Bonchev–Trinajstić information content (AvgIpc) is 3.25. The van der Waals surface area contributed by atoms with Crippen LogP contribution in [-0.2, 0) is 9.53 Å². The smallest absolute Gasteiger partial charge is 0.399 e. The summed E-state index contributed by atoms with van der Waals surface area (Å²) in [5, 5.41) is 6.33. The second-order valence-corrected chi connectivity index (χ2v) is 8.58. The lowest BCUT2D eigenvalue weighted by Gasteiger charge is -2.25. The van der Waals surface area contributed by atoms with E-state index in [2.05, 4.69) is 10.6 Å². The highest BCUT2D eigenvalue weighted by atomic mass is 35.5. The molecule has 0 spiro atoms. The Morgan fingerprint density at radius 3 is 2.59 bits per heavy atom. The van der Waals surface area contributed by atoms with Gasteiger partial charge in [0.15, 0.2) is 5.06 Å². The van der Waals surface area contributed by atoms with Crippen molar-refractivity contribution in [2.75, 3.05) is 43.5 Å². The van der Waals surface area contributed by atoms with Crippen LogP contribution in [-0.4, -0.2) is 49.7 Å². The maximum Gasteiger partial charge on any atom is 0.417 e. The first-order chi connectivity index (χ1) is 15.6. The summed E-state index contributed by atoms with van der Waals surface area (Å²) in [6, 6.07) is 18.4. The predicted octanol–water partition coefficient (Wildman–Crippen LogP) is 4.95. The fraction of sp³-hybridized carbons (Fsp3) is 0.217. The second-order valence-electron chi connectivity index (χ2n) is 7.13. The number of morpholine rings is 1. The van der Waals surface area contributed by atoms with Crippen LogP contribution in [0.3, 0.4) is 0 Å². The maximum atomic E-state index is 12.4. The Labute approximate surface area is 194 Å². The number of anilines is 2. The Balaban J connectivity index is 1.34. The molecule has 4 rings (SSSR count). The molecule has 166 valence electrons. The fourth-order valence-electron chi connectivity index (χ4n) is 3.22. The molecule has 1 fully saturated rings. The third kappa shape index (κ3) is 6.08. The van der Waals surface area contributed by atoms with Gasteiger partial charge in [0.1, 0.15) is 0 Å². The van der Waals surface area contributed by atoms with Crippen molar-refractivity contribution in [1.82, 2.24) is 4.90 Å². The van der Waals surface area contributed by atoms with Crippen molar-refractivity contribution in [3.05, 3.63) is 65.7 Å². The third-order valence-electron chi connectivity index (χ3n) is 4.79. The van der Waals surface area contributed by atoms with Crippen LogP contribution in [0.25, 0.3) is 10.4 Å². The number of thiophene rings is 1. The monoisotopic (exact) mass is 471 g/mol. The number of nitrogens with one attached hydrogen (secondary N) is 2. The molecule has 2 amide bonds. The van der Waals surface area contributed by atoms with Crippen molar-refractivity contribution in [3.63, 3.8) is 0 Å². The fourth-order valence-corrected chi connectivity index (χ4v) is 4.24. The molecule has 0 unspecified atom stereocenters. The van der Waals surface area contributed by atoms with Gasteiger partial charge in [0.25, 0.3) is 0 Å². The maximum absolute atomic E-state index is 12.4. The van der Waals surface area contributed by atoms with Crippen molar-refractivity contribution in [1.29, 1.82) is 0 Å². The highest BCUT2D eigenvalue weighted by Gasteiger charge is 2.16. The minimum atomic E-state index is -0.626. The largest absolute Gasteiger partial charge is 0.417 e. The molecule has 9 heteroatoms. The minimum absolute atomic E-state index is 0.180. The van der Waals surface area contributed by atoms with Crippen LogP contribution in [0.4, 0.5) is 16.2 Å². The summed E-state index contributed by atoms with van der Waals surface area (Å²) in [4.78, 5) is 27.7. The molecule has 0 atom stereocenters. The summed E-state index contributed by atoms with van der Waals surface area (Å²) in [6.07, 6.45) is -0.626. The predicted molar refractivity (Wildman–Crippen MR) is 127 cm³/mol. The van der Waals surface area contributed by atoms with E-state index in [-0.39, 0.29) is 12.5 Å². The first kappa shape index (κ1) is 22.3. The molecule has 1 aromatic heterocycles. The summed E-state index contributed by atoms with van der Waals surface area (Å²) in [7, 11) is 0. The van der Waals surface area contributed by atoms with Crippen molar-refractivity contribution in [3.8, 4) is 15.5 Å². The van der Waals surface area contributed by atoms with E-state index < -0.39 is 6.09 Å². The molecule has 1 aliphatic heterocycles. The summed E-state index contributed by atoms with van der Waals surface area (Å²) in [5.74, 6) is -0.180. The highest BCUT2D eigenvalue weighted by molar-refractivity contribution is 7.17. The second kappa shape index (κ2) is 10.6. The molecule has 2 N–H and O–H groups in total. The van der Waals surface area contributed by atoms with Gasteiger partial charge in [-0.15, -0.1) is 0 Å². The summed E-state index contributed by atoms with van der Waals surface area (Å²) in [5.41, 5.74) is 1.94. The van der Waals surface area contributed by atoms with Crippen LogP contribution in [0.1, 0.15) is 0 Å². The van der Waals surface area contributed by atoms with Gasteiger partial charge in [0.05, 0.1) is 30.5 Å². The van der Waals surface area contributed by atoms with Gasteiger partial charge in [-0.2, -0.15) is 0 Å². The molecule has 2 aromatic carbocycles. The van der Waals surface area contributed by atoms with E-state index in [1.54, 1.807) is 24.3 Å². The standard InChI is InChI=1S/C23H22ClN3O4S/c24-18-7-6-17(14-19(18)26-21(28)15-27-10-12-30-13-11-27)25-23(29)31-22-9-8-20(32-22)16-4-2-1-3-5-16/h1-9,14H,10-13,15H2,(H,25,29)(H,26,28). The van der Waals surface area contributed by atoms with E-state index in [0.29, 0.717) is 47.8 Å². The van der Waals surface area contributed by atoms with Crippen LogP contribution in [0, 0.1) is 0 Å². The molecule has 32 heavy (non-hydrogen) atoms. The van der Waals surface area contributed by atoms with E-state index in [4.69, 9.17) is 21.1 Å². The number of carbonyl (C=O) groups excluding carboxylic acids is 2. The first-order valence-corrected chi connectivity index (χ1v) is 11.3. The topological polar surface area (TPSA) is 79.9 Å². The van der Waals surface area contributed by atoms with Gasteiger partial charge in [0.2, 0.25) is 5.91 Å². The lowest BCUT2D eigenvalue weighted by molar-refractivity contribution is -0.118. The molecule has 2 heterocycles. The molecule has 1 aliphatic rings. The van der Waals surface area contributed by atoms with Gasteiger partial charge in [-0.3, -0.25) is 15.0 Å². The van der Waals surface area contributed by atoms with E-state index in [0.717, 1.165) is 10.4 Å². The number of benzene rings is 2. The van der Waals surface area contributed by atoms with E-state index in [1.807, 2.05) is 41.3 Å². The number of rotatable bonds is 6. The van der Waals surface area contributed by atoms with Crippen LogP contribution in [0.2, 0.25) is 5.02 Å². The SMILES string of the molecule is O=C(CN1CCOCC1)Nc1cc(NC(=O)Oc2ccc(-c3ccccc3)s2)ccc1Cl.